The van der Waals surface area contributed by atoms with E-state index >= 15 is 0 Å². The van der Waals surface area contributed by atoms with E-state index in [1.54, 1.807) is 12.3 Å². The van der Waals surface area contributed by atoms with Crippen LogP contribution in [0.15, 0.2) is 41.5 Å². The van der Waals surface area contributed by atoms with Crippen LogP contribution in [-0.2, 0) is 6.42 Å². The molecule has 0 amide bonds. The number of rotatable bonds is 10. The summed E-state index contributed by atoms with van der Waals surface area (Å²) in [5.41, 5.74) is 1.15. The van der Waals surface area contributed by atoms with Crippen molar-refractivity contribution in [2.45, 2.75) is 39.7 Å². The van der Waals surface area contributed by atoms with E-state index < -0.39 is 0 Å². The summed E-state index contributed by atoms with van der Waals surface area (Å²) in [5, 5.41) is 6.79. The minimum Gasteiger partial charge on any atom is -0.490 e. The van der Waals surface area contributed by atoms with Gasteiger partial charge in [-0.05, 0) is 63.4 Å². The van der Waals surface area contributed by atoms with Gasteiger partial charge in [-0.25, -0.2) is 9.37 Å². The van der Waals surface area contributed by atoms with Gasteiger partial charge in [-0.1, -0.05) is 6.07 Å². The molecule has 1 unspecified atom stereocenters. The Labute approximate surface area is 213 Å². The Balaban J connectivity index is 0.00000385. The van der Waals surface area contributed by atoms with Crippen molar-refractivity contribution in [3.8, 4) is 11.5 Å². The fourth-order valence-corrected chi connectivity index (χ4v) is 3.74. The molecule has 0 saturated carbocycles. The van der Waals surface area contributed by atoms with Crippen molar-refractivity contribution in [1.82, 2.24) is 15.6 Å². The van der Waals surface area contributed by atoms with Crippen LogP contribution in [0.1, 0.15) is 32.8 Å². The second kappa shape index (κ2) is 14.1. The fraction of sp³-hybridized carbons (Fsp3) is 0.500. The number of guanidine groups is 1. The molecule has 1 aromatic heterocycles. The van der Waals surface area contributed by atoms with Crippen molar-refractivity contribution in [1.29, 1.82) is 0 Å². The molecule has 1 atom stereocenters. The maximum Gasteiger partial charge on any atom is 0.191 e. The third-order valence-corrected chi connectivity index (χ3v) is 5.19. The summed E-state index contributed by atoms with van der Waals surface area (Å²) in [5.74, 6) is 2.45. The molecule has 0 bridgehead atoms. The first-order valence-corrected chi connectivity index (χ1v) is 11.4. The zero-order valence-corrected chi connectivity index (χ0v) is 22.0. The minimum atomic E-state index is -0.282. The molecule has 0 aliphatic carbocycles. The third-order valence-electron chi connectivity index (χ3n) is 5.19. The Morgan fingerprint density at radius 2 is 1.97 bits per heavy atom. The lowest BCUT2D eigenvalue weighted by Gasteiger charge is -2.20. The summed E-state index contributed by atoms with van der Waals surface area (Å²) in [6, 6.07) is 9.29. The van der Waals surface area contributed by atoms with Gasteiger partial charge in [0.15, 0.2) is 29.1 Å². The van der Waals surface area contributed by atoms with Gasteiger partial charge in [0, 0.05) is 38.4 Å². The number of nitrogens with one attached hydrogen (secondary N) is 2. The Hall–Kier alpha value is -2.30. The molecule has 2 aromatic rings. The molecular weight excluding hydrogens is 536 g/mol. The number of ether oxygens (including phenoxy) is 2. The largest absolute Gasteiger partial charge is 0.490 e. The number of aromatic nitrogens is 1. The lowest BCUT2D eigenvalue weighted by Crippen LogP contribution is -2.44. The van der Waals surface area contributed by atoms with Crippen molar-refractivity contribution in [2.24, 2.45) is 4.99 Å². The molecule has 1 aromatic carbocycles. The van der Waals surface area contributed by atoms with Crippen LogP contribution in [0.2, 0.25) is 0 Å². The fourth-order valence-electron chi connectivity index (χ4n) is 3.74. The molecule has 1 aliphatic rings. The van der Waals surface area contributed by atoms with Gasteiger partial charge >= 0.3 is 0 Å². The van der Waals surface area contributed by atoms with Crippen LogP contribution in [-0.4, -0.2) is 56.4 Å². The smallest absolute Gasteiger partial charge is 0.191 e. The van der Waals surface area contributed by atoms with E-state index in [1.165, 1.54) is 6.07 Å². The van der Waals surface area contributed by atoms with Crippen LogP contribution >= 0.6 is 24.0 Å². The number of anilines is 1. The lowest BCUT2D eigenvalue weighted by molar-refractivity contribution is 0.287. The molecule has 1 fully saturated rings. The summed E-state index contributed by atoms with van der Waals surface area (Å²) in [4.78, 5) is 10.9. The number of aliphatic imine (C=N–C) groups is 1. The van der Waals surface area contributed by atoms with Gasteiger partial charge in [0.1, 0.15) is 0 Å². The van der Waals surface area contributed by atoms with Crippen LogP contribution in [0.3, 0.4) is 0 Å². The Kier molecular flexibility index (Phi) is 11.5. The van der Waals surface area contributed by atoms with Crippen LogP contribution in [0.4, 0.5) is 10.2 Å². The molecule has 9 heteroatoms. The molecule has 0 radical (unpaired) electrons. The normalized spacial score (nSPS) is 15.7. The van der Waals surface area contributed by atoms with Gasteiger partial charge in [0.05, 0.1) is 13.2 Å². The molecule has 0 spiro atoms. The first-order chi connectivity index (χ1) is 15.6. The highest BCUT2D eigenvalue weighted by atomic mass is 127. The lowest BCUT2D eigenvalue weighted by atomic mass is 10.1. The highest BCUT2D eigenvalue weighted by Gasteiger charge is 2.25. The minimum absolute atomic E-state index is 0. The molecule has 1 saturated heterocycles. The van der Waals surface area contributed by atoms with E-state index in [-0.39, 0.29) is 35.8 Å². The molecule has 1 aliphatic heterocycles. The van der Waals surface area contributed by atoms with E-state index in [0.29, 0.717) is 32.1 Å². The van der Waals surface area contributed by atoms with Gasteiger partial charge in [-0.2, -0.15) is 0 Å². The third kappa shape index (κ3) is 7.90. The molecule has 182 valence electrons. The average molecular weight is 571 g/mol. The first kappa shape index (κ1) is 26.9. The maximum atomic E-state index is 14.0. The van der Waals surface area contributed by atoms with Crippen molar-refractivity contribution in [3.63, 3.8) is 0 Å². The van der Waals surface area contributed by atoms with Crippen molar-refractivity contribution in [2.75, 3.05) is 44.3 Å². The highest BCUT2D eigenvalue weighted by molar-refractivity contribution is 14.0. The van der Waals surface area contributed by atoms with Gasteiger partial charge in [-0.15, -0.1) is 24.0 Å². The Morgan fingerprint density at radius 3 is 2.70 bits per heavy atom. The van der Waals surface area contributed by atoms with Crippen LogP contribution in [0.25, 0.3) is 0 Å². The summed E-state index contributed by atoms with van der Waals surface area (Å²) in [6.45, 7) is 10.0. The number of nitrogens with zero attached hydrogens (tertiary/aromatic N) is 3. The number of hydrogen-bond acceptors (Lipinski definition) is 5. The predicted molar refractivity (Wildman–Crippen MR) is 142 cm³/mol. The molecule has 33 heavy (non-hydrogen) atoms. The second-order valence-corrected chi connectivity index (χ2v) is 7.54. The SMILES string of the molecule is CCNC(=NCCc1ccc(OCC)c(OCC)c1)NC1CCN(c2ncccc2F)C1.I. The van der Waals surface area contributed by atoms with Gasteiger partial charge in [0.2, 0.25) is 0 Å². The zero-order chi connectivity index (χ0) is 22.8. The summed E-state index contributed by atoms with van der Waals surface area (Å²) >= 11 is 0. The van der Waals surface area contributed by atoms with Crippen LogP contribution < -0.4 is 25.0 Å². The summed E-state index contributed by atoms with van der Waals surface area (Å²) in [6.07, 6.45) is 3.32. The van der Waals surface area contributed by atoms with Gasteiger partial charge in [0.25, 0.3) is 0 Å². The molecule has 3 rings (SSSR count). The Morgan fingerprint density at radius 1 is 1.18 bits per heavy atom. The monoisotopic (exact) mass is 571 g/mol. The number of halogens is 2. The predicted octanol–water partition coefficient (Wildman–Crippen LogP) is 4.01. The van der Waals surface area contributed by atoms with Crippen LogP contribution in [0.5, 0.6) is 11.5 Å². The molecular formula is C24H35FIN5O2. The van der Waals surface area contributed by atoms with E-state index in [9.17, 15) is 4.39 Å². The quantitative estimate of drug-likeness (QED) is 0.255. The van der Waals surface area contributed by atoms with Crippen LogP contribution in [0, 0.1) is 5.82 Å². The van der Waals surface area contributed by atoms with E-state index in [1.807, 2.05) is 37.8 Å². The molecule has 7 nitrogen and oxygen atoms in total. The van der Waals surface area contributed by atoms with E-state index in [2.05, 4.69) is 21.7 Å². The summed E-state index contributed by atoms with van der Waals surface area (Å²) < 4.78 is 25.4. The van der Waals surface area contributed by atoms with Crippen molar-refractivity contribution >= 4 is 35.8 Å². The molecule has 2 heterocycles. The zero-order valence-electron chi connectivity index (χ0n) is 19.6. The van der Waals surface area contributed by atoms with Crippen molar-refractivity contribution in [3.05, 3.63) is 47.9 Å². The second-order valence-electron chi connectivity index (χ2n) is 7.54. The Bertz CT molecular complexity index is 899. The number of hydrogen-bond donors (Lipinski definition) is 2. The standard InChI is InChI=1S/C24H34FN5O2.HI/c1-4-26-24(29-19-12-15-30(17-19)23-20(25)8-7-13-27-23)28-14-11-18-9-10-21(31-5-2)22(16-18)32-6-3;/h7-10,13,16,19H,4-6,11-12,14-15,17H2,1-3H3,(H2,26,28,29);1H. The molecule has 2 N–H and O–H groups in total. The topological polar surface area (TPSA) is 71.0 Å². The van der Waals surface area contributed by atoms with Gasteiger partial charge < -0.3 is 25.0 Å². The first-order valence-electron chi connectivity index (χ1n) is 11.4. The summed E-state index contributed by atoms with van der Waals surface area (Å²) in [7, 11) is 0. The van der Waals surface area contributed by atoms with Crippen molar-refractivity contribution < 1.29 is 13.9 Å². The van der Waals surface area contributed by atoms with E-state index in [4.69, 9.17) is 14.5 Å². The maximum absolute atomic E-state index is 14.0. The highest BCUT2D eigenvalue weighted by Crippen LogP contribution is 2.28. The van der Waals surface area contributed by atoms with E-state index in [0.717, 1.165) is 49.0 Å². The van der Waals surface area contributed by atoms with Gasteiger partial charge in [-0.3, -0.25) is 4.99 Å². The number of benzene rings is 1. The number of pyridine rings is 1. The average Bonchev–Trinajstić information content (AvgIpc) is 3.24.